The van der Waals surface area contributed by atoms with Crippen molar-refractivity contribution in [3.05, 3.63) is 88.1 Å². The molecule has 0 aliphatic rings. The van der Waals surface area contributed by atoms with Gasteiger partial charge in [-0.05, 0) is 24.3 Å². The normalized spacial score (nSPS) is 10.4. The van der Waals surface area contributed by atoms with Crippen LogP contribution in [0.1, 0.15) is 10.4 Å². The summed E-state index contributed by atoms with van der Waals surface area (Å²) >= 11 is 1.22. The molecule has 1 heterocycles. The molecule has 3 rings (SSSR count). The number of halogens is 1. The van der Waals surface area contributed by atoms with Gasteiger partial charge in [-0.15, -0.1) is 17.9 Å². The van der Waals surface area contributed by atoms with Crippen LogP contribution in [0.25, 0.3) is 11.3 Å². The summed E-state index contributed by atoms with van der Waals surface area (Å²) in [7, 11) is 0. The van der Waals surface area contributed by atoms with E-state index in [0.717, 1.165) is 0 Å². The van der Waals surface area contributed by atoms with Crippen molar-refractivity contribution < 1.29 is 14.1 Å². The van der Waals surface area contributed by atoms with Crippen molar-refractivity contribution in [1.82, 2.24) is 4.98 Å². The standard InChI is InChI=1S/C19H14FN3O3S/c1-2-11-22(18(24)15-5-3-4-6-16(15)20)19-21-17(12-27-19)13-7-9-14(10-8-13)23(25)26/h2-10,12H,1,11H2. The van der Waals surface area contributed by atoms with E-state index in [-0.39, 0.29) is 17.8 Å². The maximum atomic E-state index is 14.0. The first-order valence-electron chi connectivity index (χ1n) is 7.89. The first-order valence-corrected chi connectivity index (χ1v) is 8.77. The molecule has 2 aromatic carbocycles. The van der Waals surface area contributed by atoms with Crippen LogP contribution >= 0.6 is 11.3 Å². The number of aromatic nitrogens is 1. The number of carbonyl (C=O) groups excluding carboxylic acids is 1. The number of nitrogens with zero attached hydrogens (tertiary/aromatic N) is 3. The molecule has 27 heavy (non-hydrogen) atoms. The highest BCUT2D eigenvalue weighted by Gasteiger charge is 2.22. The first-order chi connectivity index (χ1) is 13.0. The molecule has 0 N–H and O–H groups in total. The molecule has 6 nitrogen and oxygen atoms in total. The molecule has 0 aliphatic carbocycles. The van der Waals surface area contributed by atoms with Gasteiger partial charge in [0, 0.05) is 29.6 Å². The van der Waals surface area contributed by atoms with Crippen LogP contribution in [0.2, 0.25) is 0 Å². The lowest BCUT2D eigenvalue weighted by molar-refractivity contribution is -0.384. The summed E-state index contributed by atoms with van der Waals surface area (Å²) in [5, 5.41) is 12.9. The van der Waals surface area contributed by atoms with Gasteiger partial charge in [-0.25, -0.2) is 9.37 Å². The lowest BCUT2D eigenvalue weighted by Gasteiger charge is -2.18. The molecule has 1 aromatic heterocycles. The third-order valence-electron chi connectivity index (χ3n) is 3.76. The second kappa shape index (κ2) is 7.88. The van der Waals surface area contributed by atoms with E-state index in [1.807, 2.05) is 0 Å². The Kier molecular flexibility index (Phi) is 5.37. The van der Waals surface area contributed by atoms with Gasteiger partial charge in [-0.1, -0.05) is 18.2 Å². The van der Waals surface area contributed by atoms with Gasteiger partial charge in [0.1, 0.15) is 5.82 Å². The van der Waals surface area contributed by atoms with Crippen LogP contribution in [-0.4, -0.2) is 22.4 Å². The minimum atomic E-state index is -0.608. The maximum Gasteiger partial charge on any atom is 0.269 e. The third-order valence-corrected chi connectivity index (χ3v) is 4.62. The van der Waals surface area contributed by atoms with Crippen LogP contribution in [0.5, 0.6) is 0 Å². The minimum Gasteiger partial charge on any atom is -0.280 e. The van der Waals surface area contributed by atoms with Crippen LogP contribution in [0, 0.1) is 15.9 Å². The molecule has 1 amide bonds. The average Bonchev–Trinajstić information content (AvgIpc) is 3.16. The van der Waals surface area contributed by atoms with Crippen molar-refractivity contribution in [3.63, 3.8) is 0 Å². The van der Waals surface area contributed by atoms with E-state index in [2.05, 4.69) is 11.6 Å². The molecule has 0 bridgehead atoms. The van der Waals surface area contributed by atoms with Gasteiger partial charge in [0.2, 0.25) is 0 Å². The smallest absolute Gasteiger partial charge is 0.269 e. The number of hydrogen-bond acceptors (Lipinski definition) is 5. The van der Waals surface area contributed by atoms with Gasteiger partial charge in [-0.2, -0.15) is 0 Å². The molecule has 3 aromatic rings. The average molecular weight is 383 g/mol. The predicted octanol–water partition coefficient (Wildman–Crippen LogP) is 4.69. The van der Waals surface area contributed by atoms with Crippen LogP contribution in [0.4, 0.5) is 15.2 Å². The maximum absolute atomic E-state index is 14.0. The van der Waals surface area contributed by atoms with Crippen LogP contribution in [-0.2, 0) is 0 Å². The Morgan fingerprint density at radius 3 is 2.59 bits per heavy atom. The summed E-state index contributed by atoms with van der Waals surface area (Å²) in [5.74, 6) is -1.12. The SMILES string of the molecule is C=CCN(C(=O)c1ccccc1F)c1nc(-c2ccc([N+](=O)[O-])cc2)cs1. The Bertz CT molecular complexity index is 1000. The van der Waals surface area contributed by atoms with Gasteiger partial charge >= 0.3 is 0 Å². The van der Waals surface area contributed by atoms with Crippen molar-refractivity contribution in [3.8, 4) is 11.3 Å². The zero-order chi connectivity index (χ0) is 19.4. The Labute approximate surface area is 158 Å². The van der Waals surface area contributed by atoms with E-state index in [1.54, 1.807) is 23.6 Å². The monoisotopic (exact) mass is 383 g/mol. The van der Waals surface area contributed by atoms with E-state index in [1.165, 1.54) is 52.6 Å². The van der Waals surface area contributed by atoms with Gasteiger partial charge < -0.3 is 0 Å². The lowest BCUT2D eigenvalue weighted by atomic mass is 10.1. The summed E-state index contributed by atoms with van der Waals surface area (Å²) < 4.78 is 14.0. The molecule has 0 spiro atoms. The van der Waals surface area contributed by atoms with Crippen molar-refractivity contribution in [2.45, 2.75) is 0 Å². The van der Waals surface area contributed by atoms with Gasteiger partial charge in [-0.3, -0.25) is 19.8 Å². The first kappa shape index (κ1) is 18.4. The Morgan fingerprint density at radius 2 is 1.96 bits per heavy atom. The number of rotatable bonds is 6. The molecule has 0 atom stereocenters. The van der Waals surface area contributed by atoms with Crippen molar-refractivity contribution in [2.24, 2.45) is 0 Å². The number of non-ortho nitro benzene ring substituents is 1. The largest absolute Gasteiger partial charge is 0.280 e. The molecular weight excluding hydrogens is 369 g/mol. The lowest BCUT2D eigenvalue weighted by Crippen LogP contribution is -2.31. The number of anilines is 1. The summed E-state index contributed by atoms with van der Waals surface area (Å²) in [6.45, 7) is 3.81. The molecule has 0 saturated carbocycles. The number of thiazole rings is 1. The van der Waals surface area contributed by atoms with E-state index in [4.69, 9.17) is 0 Å². The van der Waals surface area contributed by atoms with E-state index in [9.17, 15) is 19.3 Å². The number of hydrogen-bond donors (Lipinski definition) is 0. The second-order valence-corrected chi connectivity index (χ2v) is 6.34. The van der Waals surface area contributed by atoms with Crippen LogP contribution in [0.15, 0.2) is 66.6 Å². The highest BCUT2D eigenvalue weighted by molar-refractivity contribution is 7.14. The van der Waals surface area contributed by atoms with Crippen LogP contribution in [0.3, 0.4) is 0 Å². The molecule has 136 valence electrons. The predicted molar refractivity (Wildman–Crippen MR) is 102 cm³/mol. The Morgan fingerprint density at radius 1 is 1.26 bits per heavy atom. The summed E-state index contributed by atoms with van der Waals surface area (Å²) in [4.78, 5) is 28.8. The van der Waals surface area contributed by atoms with Crippen molar-refractivity contribution in [2.75, 3.05) is 11.4 Å². The number of amides is 1. The van der Waals surface area contributed by atoms with E-state index in [0.29, 0.717) is 16.4 Å². The fourth-order valence-corrected chi connectivity index (χ4v) is 3.27. The zero-order valence-corrected chi connectivity index (χ0v) is 14.9. The van der Waals surface area contributed by atoms with Gasteiger partial charge in [0.05, 0.1) is 16.2 Å². The highest BCUT2D eigenvalue weighted by atomic mass is 32.1. The summed E-state index contributed by atoms with van der Waals surface area (Å²) in [5.41, 5.74) is 1.18. The summed E-state index contributed by atoms with van der Waals surface area (Å²) in [6, 6.07) is 11.7. The molecular formula is C19H14FN3O3S. The topological polar surface area (TPSA) is 76.3 Å². The molecule has 0 aliphatic heterocycles. The number of carbonyl (C=O) groups is 1. The zero-order valence-electron chi connectivity index (χ0n) is 14.0. The Balaban J connectivity index is 1.91. The molecule has 0 saturated heterocycles. The van der Waals surface area contributed by atoms with Crippen molar-refractivity contribution in [1.29, 1.82) is 0 Å². The quantitative estimate of drug-likeness (QED) is 0.351. The minimum absolute atomic E-state index is 0.0165. The molecule has 8 heteroatoms. The second-order valence-electron chi connectivity index (χ2n) is 5.50. The number of nitro benzene ring substituents is 1. The number of nitro groups is 1. The number of benzene rings is 2. The fraction of sp³-hybridized carbons (Fsp3) is 0.0526. The van der Waals surface area contributed by atoms with E-state index < -0.39 is 16.6 Å². The van der Waals surface area contributed by atoms with Crippen molar-refractivity contribution >= 4 is 28.1 Å². The van der Waals surface area contributed by atoms with Crippen LogP contribution < -0.4 is 4.90 Å². The van der Waals surface area contributed by atoms with Gasteiger partial charge in [0.25, 0.3) is 11.6 Å². The Hall–Kier alpha value is -3.39. The molecule has 0 unspecified atom stereocenters. The van der Waals surface area contributed by atoms with E-state index >= 15 is 0 Å². The van der Waals surface area contributed by atoms with Gasteiger partial charge in [0.15, 0.2) is 5.13 Å². The third kappa shape index (κ3) is 3.90. The highest BCUT2D eigenvalue weighted by Crippen LogP contribution is 2.29. The summed E-state index contributed by atoms with van der Waals surface area (Å²) in [6.07, 6.45) is 1.53. The fourth-order valence-electron chi connectivity index (χ4n) is 2.43. The molecule has 0 fully saturated rings. The molecule has 0 radical (unpaired) electrons.